The fourth-order valence-corrected chi connectivity index (χ4v) is 5.20. The molecule has 3 unspecified atom stereocenters. The van der Waals surface area contributed by atoms with Gasteiger partial charge in [0.25, 0.3) is 10.2 Å². The molecule has 2 aliphatic heterocycles. The molecule has 0 aromatic rings. The summed E-state index contributed by atoms with van der Waals surface area (Å²) in [7, 11) is -3.28. The van der Waals surface area contributed by atoms with E-state index in [0.717, 1.165) is 19.3 Å². The van der Waals surface area contributed by atoms with E-state index in [0.29, 0.717) is 38.0 Å². The van der Waals surface area contributed by atoms with Crippen LogP contribution in [0.4, 0.5) is 0 Å². The molecule has 2 aliphatic rings. The topological polar surface area (TPSA) is 66.6 Å². The van der Waals surface area contributed by atoms with Crippen molar-refractivity contribution in [2.24, 2.45) is 17.6 Å². The molecule has 5 nitrogen and oxygen atoms in total. The summed E-state index contributed by atoms with van der Waals surface area (Å²) in [6, 6.07) is 0.128. The Morgan fingerprint density at radius 2 is 2.00 bits per heavy atom. The molecule has 0 aromatic carbocycles. The first-order chi connectivity index (χ1) is 8.45. The molecule has 0 spiro atoms. The Kier molecular flexibility index (Phi) is 4.31. The summed E-state index contributed by atoms with van der Waals surface area (Å²) in [6.45, 7) is 6.61. The van der Waals surface area contributed by atoms with Crippen LogP contribution in [-0.4, -0.2) is 49.2 Å². The van der Waals surface area contributed by atoms with Crippen molar-refractivity contribution < 1.29 is 8.42 Å². The lowest BCUT2D eigenvalue weighted by molar-refractivity contribution is 0.248. The van der Waals surface area contributed by atoms with Crippen LogP contribution in [0, 0.1) is 11.8 Å². The third-order valence-corrected chi connectivity index (χ3v) is 6.25. The van der Waals surface area contributed by atoms with Gasteiger partial charge in [-0.2, -0.15) is 17.0 Å². The van der Waals surface area contributed by atoms with E-state index in [1.807, 2.05) is 6.92 Å². The zero-order valence-electron chi connectivity index (χ0n) is 11.4. The van der Waals surface area contributed by atoms with E-state index in [1.165, 1.54) is 0 Å². The van der Waals surface area contributed by atoms with Crippen molar-refractivity contribution in [3.63, 3.8) is 0 Å². The maximum absolute atomic E-state index is 12.6. The maximum Gasteiger partial charge on any atom is 0.282 e. The highest BCUT2D eigenvalue weighted by Crippen LogP contribution is 2.29. The van der Waals surface area contributed by atoms with Crippen LogP contribution in [-0.2, 0) is 10.2 Å². The van der Waals surface area contributed by atoms with E-state index in [1.54, 1.807) is 8.61 Å². The molecular weight excluding hydrogens is 250 g/mol. The van der Waals surface area contributed by atoms with Crippen LogP contribution < -0.4 is 5.73 Å². The Hall–Kier alpha value is -0.170. The van der Waals surface area contributed by atoms with E-state index in [-0.39, 0.29) is 6.04 Å². The van der Waals surface area contributed by atoms with Crippen LogP contribution in [0.3, 0.4) is 0 Å². The number of hydrogen-bond donors (Lipinski definition) is 1. The van der Waals surface area contributed by atoms with Crippen molar-refractivity contribution in [2.45, 2.75) is 39.2 Å². The molecule has 2 saturated heterocycles. The van der Waals surface area contributed by atoms with Gasteiger partial charge in [-0.1, -0.05) is 6.92 Å². The highest BCUT2D eigenvalue weighted by atomic mass is 32.2. The number of rotatable bonds is 3. The first kappa shape index (κ1) is 14.2. The van der Waals surface area contributed by atoms with E-state index in [2.05, 4.69) is 6.92 Å². The predicted molar refractivity (Wildman–Crippen MR) is 72.2 cm³/mol. The van der Waals surface area contributed by atoms with Crippen LogP contribution in [0.5, 0.6) is 0 Å². The Labute approximate surface area is 110 Å². The number of piperidine rings is 1. The molecule has 106 valence electrons. The Morgan fingerprint density at radius 3 is 2.56 bits per heavy atom. The lowest BCUT2D eigenvalue weighted by atomic mass is 10.0. The summed E-state index contributed by atoms with van der Waals surface area (Å²) in [5.41, 5.74) is 5.68. The minimum Gasteiger partial charge on any atom is -0.330 e. The lowest BCUT2D eigenvalue weighted by Crippen LogP contribution is -2.49. The average Bonchev–Trinajstić information content (AvgIpc) is 2.69. The molecule has 18 heavy (non-hydrogen) atoms. The molecule has 0 radical (unpaired) electrons. The van der Waals surface area contributed by atoms with Gasteiger partial charge in [0.1, 0.15) is 0 Å². The van der Waals surface area contributed by atoms with Gasteiger partial charge in [0.05, 0.1) is 0 Å². The molecular formula is C12H25N3O2S. The summed E-state index contributed by atoms with van der Waals surface area (Å²) in [6.07, 6.45) is 2.95. The summed E-state index contributed by atoms with van der Waals surface area (Å²) in [4.78, 5) is 0. The second-order valence-electron chi connectivity index (χ2n) is 5.87. The van der Waals surface area contributed by atoms with Crippen LogP contribution in [0.2, 0.25) is 0 Å². The Morgan fingerprint density at radius 1 is 1.28 bits per heavy atom. The summed E-state index contributed by atoms with van der Waals surface area (Å²) >= 11 is 0. The minimum atomic E-state index is -3.28. The van der Waals surface area contributed by atoms with Crippen LogP contribution in [0.25, 0.3) is 0 Å². The molecule has 2 heterocycles. The molecule has 0 aliphatic carbocycles. The predicted octanol–water partition coefficient (Wildman–Crippen LogP) is 0.632. The monoisotopic (exact) mass is 275 g/mol. The summed E-state index contributed by atoms with van der Waals surface area (Å²) in [5.74, 6) is 0.786. The zero-order chi connectivity index (χ0) is 13.3. The fraction of sp³-hybridized carbons (Fsp3) is 1.00. The van der Waals surface area contributed by atoms with E-state index in [4.69, 9.17) is 5.73 Å². The number of nitrogens with zero attached hydrogens (tertiary/aromatic N) is 2. The third-order valence-electron chi connectivity index (χ3n) is 4.16. The highest BCUT2D eigenvalue weighted by Gasteiger charge is 2.39. The van der Waals surface area contributed by atoms with Crippen molar-refractivity contribution in [2.75, 3.05) is 26.2 Å². The second kappa shape index (κ2) is 5.45. The largest absolute Gasteiger partial charge is 0.330 e. The third kappa shape index (κ3) is 2.71. The lowest BCUT2D eigenvalue weighted by Gasteiger charge is -2.35. The van der Waals surface area contributed by atoms with Gasteiger partial charge in [-0.15, -0.1) is 0 Å². The standard InChI is InChI=1S/C12H25N3O2S/c1-10-6-11(2)15(8-10)18(16,17)14-5-3-4-12(7-13)9-14/h10-12H,3-9,13H2,1-2H3. The van der Waals surface area contributed by atoms with Crippen molar-refractivity contribution >= 4 is 10.2 Å². The van der Waals surface area contributed by atoms with E-state index < -0.39 is 10.2 Å². The zero-order valence-corrected chi connectivity index (χ0v) is 12.2. The van der Waals surface area contributed by atoms with Crippen LogP contribution in [0.1, 0.15) is 33.1 Å². The van der Waals surface area contributed by atoms with Gasteiger partial charge in [0, 0.05) is 25.7 Å². The summed E-state index contributed by atoms with van der Waals surface area (Å²) < 4.78 is 28.6. The SMILES string of the molecule is CC1CC(C)N(S(=O)(=O)N2CCCC(CN)C2)C1. The van der Waals surface area contributed by atoms with Crippen LogP contribution in [0.15, 0.2) is 0 Å². The van der Waals surface area contributed by atoms with Gasteiger partial charge in [-0.25, -0.2) is 0 Å². The van der Waals surface area contributed by atoms with Gasteiger partial charge in [-0.3, -0.25) is 0 Å². The molecule has 2 fully saturated rings. The van der Waals surface area contributed by atoms with Crippen molar-refractivity contribution in [1.29, 1.82) is 0 Å². The highest BCUT2D eigenvalue weighted by molar-refractivity contribution is 7.86. The van der Waals surface area contributed by atoms with Crippen molar-refractivity contribution in [1.82, 2.24) is 8.61 Å². The van der Waals surface area contributed by atoms with E-state index in [9.17, 15) is 8.42 Å². The fourth-order valence-electron chi connectivity index (χ4n) is 3.16. The quantitative estimate of drug-likeness (QED) is 0.821. The molecule has 2 rings (SSSR count). The molecule has 6 heteroatoms. The van der Waals surface area contributed by atoms with Gasteiger partial charge >= 0.3 is 0 Å². The molecule has 0 saturated carbocycles. The average molecular weight is 275 g/mol. The Bertz CT molecular complexity index is 385. The smallest absolute Gasteiger partial charge is 0.282 e. The normalized spacial score (nSPS) is 36.1. The number of hydrogen-bond acceptors (Lipinski definition) is 3. The first-order valence-electron chi connectivity index (χ1n) is 6.92. The second-order valence-corrected chi connectivity index (χ2v) is 7.75. The molecule has 0 aromatic heterocycles. The molecule has 0 amide bonds. The van der Waals surface area contributed by atoms with Gasteiger partial charge < -0.3 is 5.73 Å². The van der Waals surface area contributed by atoms with E-state index >= 15 is 0 Å². The Balaban J connectivity index is 2.10. The van der Waals surface area contributed by atoms with Crippen molar-refractivity contribution in [3.8, 4) is 0 Å². The van der Waals surface area contributed by atoms with Crippen LogP contribution >= 0.6 is 0 Å². The maximum atomic E-state index is 12.6. The van der Waals surface area contributed by atoms with Gasteiger partial charge in [0.2, 0.25) is 0 Å². The molecule has 2 N–H and O–H groups in total. The summed E-state index contributed by atoms with van der Waals surface area (Å²) in [5, 5.41) is 0. The van der Waals surface area contributed by atoms with Gasteiger partial charge in [-0.05, 0) is 44.6 Å². The van der Waals surface area contributed by atoms with Gasteiger partial charge in [0.15, 0.2) is 0 Å². The molecule has 0 bridgehead atoms. The minimum absolute atomic E-state index is 0.128. The number of nitrogens with two attached hydrogens (primary N) is 1. The molecule has 3 atom stereocenters. The van der Waals surface area contributed by atoms with Crippen molar-refractivity contribution in [3.05, 3.63) is 0 Å². The first-order valence-corrected chi connectivity index (χ1v) is 8.31.